The Morgan fingerprint density at radius 2 is 2.17 bits per heavy atom. The minimum atomic E-state index is -1.04. The number of benzene rings is 1. The number of aromatic nitrogens is 1. The van der Waals surface area contributed by atoms with E-state index in [1.54, 1.807) is 24.3 Å². The number of rotatable bonds is 6. The number of nitrogens with one attached hydrogen (secondary N) is 1. The molecule has 0 saturated heterocycles. The van der Waals surface area contributed by atoms with E-state index in [-0.39, 0.29) is 5.69 Å². The van der Waals surface area contributed by atoms with Crippen molar-refractivity contribution in [3.63, 3.8) is 0 Å². The third kappa shape index (κ3) is 3.90. The van der Waals surface area contributed by atoms with E-state index in [9.17, 15) is 14.7 Å². The first-order valence-electron chi connectivity index (χ1n) is 7.29. The summed E-state index contributed by atoms with van der Waals surface area (Å²) in [5, 5.41) is 15.9. The molecule has 0 aliphatic heterocycles. The first-order valence-corrected chi connectivity index (χ1v) is 7.67. The van der Waals surface area contributed by atoms with Crippen molar-refractivity contribution >= 4 is 23.5 Å². The molecule has 0 radical (unpaired) electrons. The number of halogens is 1. The van der Waals surface area contributed by atoms with E-state index in [0.717, 1.165) is 12.8 Å². The predicted molar refractivity (Wildman–Crippen MR) is 83.2 cm³/mol. The molecule has 120 valence electrons. The molecule has 6 nitrogen and oxygen atoms in total. The first-order chi connectivity index (χ1) is 11.0. The van der Waals surface area contributed by atoms with Gasteiger partial charge in [-0.15, -0.1) is 0 Å². The summed E-state index contributed by atoms with van der Waals surface area (Å²) < 4.78 is 5.15. The quantitative estimate of drug-likeness (QED) is 0.847. The molecular weight excluding hydrogens is 320 g/mol. The summed E-state index contributed by atoms with van der Waals surface area (Å²) in [4.78, 5) is 23.4. The average Bonchev–Trinajstić information content (AvgIpc) is 3.19. The van der Waals surface area contributed by atoms with Gasteiger partial charge in [-0.25, -0.2) is 4.79 Å². The predicted octanol–water partition coefficient (Wildman–Crippen LogP) is 2.98. The Balaban J connectivity index is 1.71. The lowest BCUT2D eigenvalue weighted by molar-refractivity contribution is -0.139. The van der Waals surface area contributed by atoms with E-state index in [1.165, 1.54) is 6.07 Å². The van der Waals surface area contributed by atoms with Crippen LogP contribution in [-0.2, 0) is 4.79 Å². The Morgan fingerprint density at radius 3 is 2.83 bits per heavy atom. The van der Waals surface area contributed by atoms with Gasteiger partial charge in [-0.2, -0.15) is 0 Å². The maximum Gasteiger partial charge on any atom is 0.326 e. The fourth-order valence-corrected chi connectivity index (χ4v) is 2.49. The van der Waals surface area contributed by atoms with Gasteiger partial charge in [-0.1, -0.05) is 41.7 Å². The summed E-state index contributed by atoms with van der Waals surface area (Å²) in [7, 11) is 0. The Hall–Kier alpha value is -2.34. The summed E-state index contributed by atoms with van der Waals surface area (Å²) in [6.07, 6.45) is 2.48. The molecule has 1 aromatic heterocycles. The van der Waals surface area contributed by atoms with Crippen LogP contribution in [0.15, 0.2) is 34.9 Å². The van der Waals surface area contributed by atoms with Gasteiger partial charge in [0.1, 0.15) is 6.04 Å². The highest BCUT2D eigenvalue weighted by molar-refractivity contribution is 6.30. The zero-order valence-corrected chi connectivity index (χ0v) is 12.9. The second-order valence-electron chi connectivity index (χ2n) is 5.63. The van der Waals surface area contributed by atoms with Gasteiger partial charge < -0.3 is 14.9 Å². The van der Waals surface area contributed by atoms with Gasteiger partial charge >= 0.3 is 5.97 Å². The van der Waals surface area contributed by atoms with Crippen molar-refractivity contribution in [1.29, 1.82) is 0 Å². The van der Waals surface area contributed by atoms with Crippen LogP contribution in [0.3, 0.4) is 0 Å². The molecular formula is C16H15ClN2O4. The third-order valence-corrected chi connectivity index (χ3v) is 3.96. The van der Waals surface area contributed by atoms with Gasteiger partial charge in [0.05, 0.1) is 0 Å². The van der Waals surface area contributed by atoms with Gasteiger partial charge in [0.25, 0.3) is 5.91 Å². The maximum absolute atomic E-state index is 12.2. The highest BCUT2D eigenvalue weighted by Crippen LogP contribution is 2.33. The number of carboxylic acids is 1. The summed E-state index contributed by atoms with van der Waals surface area (Å²) >= 11 is 5.92. The van der Waals surface area contributed by atoms with Crippen molar-refractivity contribution in [2.45, 2.75) is 25.3 Å². The van der Waals surface area contributed by atoms with Crippen LogP contribution >= 0.6 is 11.6 Å². The molecule has 1 atom stereocenters. The van der Waals surface area contributed by atoms with Gasteiger partial charge in [0.2, 0.25) is 0 Å². The van der Waals surface area contributed by atoms with Crippen molar-refractivity contribution < 1.29 is 19.2 Å². The number of amides is 1. The molecule has 1 heterocycles. The maximum atomic E-state index is 12.2. The topological polar surface area (TPSA) is 92.4 Å². The zero-order valence-electron chi connectivity index (χ0n) is 12.2. The van der Waals surface area contributed by atoms with Crippen LogP contribution in [0.25, 0.3) is 11.3 Å². The van der Waals surface area contributed by atoms with Gasteiger partial charge in [-0.05, 0) is 24.5 Å². The minimum Gasteiger partial charge on any atom is -0.480 e. The van der Waals surface area contributed by atoms with Crippen LogP contribution in [0.2, 0.25) is 5.02 Å². The van der Waals surface area contributed by atoms with Crippen molar-refractivity contribution in [1.82, 2.24) is 10.5 Å². The summed E-state index contributed by atoms with van der Waals surface area (Å²) in [5.74, 6) is -0.818. The fourth-order valence-electron chi connectivity index (χ4n) is 2.30. The summed E-state index contributed by atoms with van der Waals surface area (Å²) in [6, 6.07) is 7.52. The molecule has 1 amide bonds. The van der Waals surface area contributed by atoms with Crippen LogP contribution in [0.5, 0.6) is 0 Å². The number of carbonyl (C=O) groups excluding carboxylic acids is 1. The van der Waals surface area contributed by atoms with Crippen molar-refractivity contribution in [3.05, 3.63) is 41.0 Å². The number of nitrogens with zero attached hydrogens (tertiary/aromatic N) is 1. The van der Waals surface area contributed by atoms with E-state index in [2.05, 4.69) is 10.5 Å². The number of carboxylic acid groups (broad SMARTS) is 1. The van der Waals surface area contributed by atoms with E-state index in [4.69, 9.17) is 16.1 Å². The number of hydrogen-bond donors (Lipinski definition) is 2. The van der Waals surface area contributed by atoms with E-state index in [1.807, 2.05) is 0 Å². The van der Waals surface area contributed by atoms with Crippen molar-refractivity contribution in [2.24, 2.45) is 5.92 Å². The molecule has 1 aromatic carbocycles. The van der Waals surface area contributed by atoms with Crippen molar-refractivity contribution in [2.75, 3.05) is 0 Å². The van der Waals surface area contributed by atoms with Crippen LogP contribution in [0.1, 0.15) is 29.8 Å². The molecule has 7 heteroatoms. The highest BCUT2D eigenvalue weighted by Gasteiger charge is 2.31. The van der Waals surface area contributed by atoms with Crippen LogP contribution in [0, 0.1) is 5.92 Å². The van der Waals surface area contributed by atoms with Gasteiger partial charge in [0.15, 0.2) is 11.5 Å². The Morgan fingerprint density at radius 1 is 1.39 bits per heavy atom. The Kier molecular flexibility index (Phi) is 4.34. The molecule has 0 spiro atoms. The Labute approximate surface area is 137 Å². The van der Waals surface area contributed by atoms with E-state index in [0.29, 0.717) is 28.7 Å². The van der Waals surface area contributed by atoms with Crippen LogP contribution in [-0.4, -0.2) is 28.2 Å². The summed E-state index contributed by atoms with van der Waals surface area (Å²) in [5.41, 5.74) is 0.735. The second-order valence-corrected chi connectivity index (χ2v) is 6.07. The fraction of sp³-hybridized carbons (Fsp3) is 0.312. The molecule has 1 unspecified atom stereocenters. The molecule has 23 heavy (non-hydrogen) atoms. The largest absolute Gasteiger partial charge is 0.480 e. The number of carbonyl (C=O) groups is 2. The molecule has 1 saturated carbocycles. The SMILES string of the molecule is O=C(NC(CC1CC1)C(=O)O)c1cc(-c2cccc(Cl)c2)on1. The smallest absolute Gasteiger partial charge is 0.326 e. The first kappa shape index (κ1) is 15.6. The molecule has 2 N–H and O–H groups in total. The molecule has 1 aliphatic carbocycles. The second kappa shape index (κ2) is 6.42. The standard InChI is InChI=1S/C16H15ClN2O4/c17-11-3-1-2-10(7-11)14-8-12(19-23-14)15(20)18-13(16(21)22)6-9-4-5-9/h1-3,7-9,13H,4-6H2,(H,18,20)(H,21,22). The van der Waals surface area contributed by atoms with Crippen LogP contribution < -0.4 is 5.32 Å². The molecule has 1 aliphatic rings. The van der Waals surface area contributed by atoms with Gasteiger partial charge in [-0.3, -0.25) is 4.79 Å². The number of aliphatic carboxylic acids is 1. The highest BCUT2D eigenvalue weighted by atomic mass is 35.5. The van der Waals surface area contributed by atoms with Crippen molar-refractivity contribution in [3.8, 4) is 11.3 Å². The minimum absolute atomic E-state index is 0.0435. The molecule has 1 fully saturated rings. The average molecular weight is 335 g/mol. The van der Waals surface area contributed by atoms with Crippen LogP contribution in [0.4, 0.5) is 0 Å². The third-order valence-electron chi connectivity index (χ3n) is 3.72. The lowest BCUT2D eigenvalue weighted by Gasteiger charge is -2.12. The zero-order chi connectivity index (χ0) is 16.4. The lowest BCUT2D eigenvalue weighted by atomic mass is 10.1. The molecule has 2 aromatic rings. The van der Waals surface area contributed by atoms with E-state index < -0.39 is 17.9 Å². The molecule has 0 bridgehead atoms. The number of hydrogen-bond acceptors (Lipinski definition) is 4. The van der Waals surface area contributed by atoms with Gasteiger partial charge in [0, 0.05) is 16.7 Å². The monoisotopic (exact) mass is 334 g/mol. The Bertz CT molecular complexity index is 739. The van der Waals surface area contributed by atoms with E-state index >= 15 is 0 Å². The lowest BCUT2D eigenvalue weighted by Crippen LogP contribution is -2.41. The normalized spacial score (nSPS) is 15.2. The molecule has 3 rings (SSSR count). The summed E-state index contributed by atoms with van der Waals surface area (Å²) in [6.45, 7) is 0.